The summed E-state index contributed by atoms with van der Waals surface area (Å²) >= 11 is 2.90. The molecule has 2 aromatic heterocycles. The Bertz CT molecular complexity index is 1170. The van der Waals surface area contributed by atoms with E-state index in [1.165, 1.54) is 11.3 Å². The molecule has 0 aliphatic heterocycles. The summed E-state index contributed by atoms with van der Waals surface area (Å²) in [5, 5.41) is 10.9. The summed E-state index contributed by atoms with van der Waals surface area (Å²) in [5.41, 5.74) is 3.82. The Kier molecular flexibility index (Phi) is 5.97. The molecule has 4 rings (SSSR count). The number of benzene rings is 2. The number of nitrogens with one attached hydrogen (secondary N) is 2. The topological polar surface area (TPSA) is 84.0 Å². The largest absolute Gasteiger partial charge is 0.326 e. The van der Waals surface area contributed by atoms with E-state index in [4.69, 9.17) is 0 Å². The highest BCUT2D eigenvalue weighted by atomic mass is 32.1. The number of hydrogen-bond donors (Lipinski definition) is 2. The molecule has 0 spiro atoms. The zero-order chi connectivity index (χ0) is 20.9. The minimum atomic E-state index is -0.226. The molecule has 2 N–H and O–H groups in total. The third kappa shape index (κ3) is 4.97. The van der Waals surface area contributed by atoms with E-state index in [0.717, 1.165) is 16.3 Å². The predicted octanol–water partition coefficient (Wildman–Crippen LogP) is 5.01. The fourth-order valence-electron chi connectivity index (χ4n) is 2.79. The Balaban J connectivity index is 1.33. The van der Waals surface area contributed by atoms with E-state index in [1.54, 1.807) is 41.0 Å². The van der Waals surface area contributed by atoms with Crippen LogP contribution in [0.5, 0.6) is 0 Å². The Labute approximate surface area is 181 Å². The van der Waals surface area contributed by atoms with Crippen LogP contribution in [-0.2, 0) is 11.2 Å². The van der Waals surface area contributed by atoms with Crippen LogP contribution < -0.4 is 10.6 Å². The summed E-state index contributed by atoms with van der Waals surface area (Å²) in [7, 11) is 0. The molecule has 0 fully saturated rings. The van der Waals surface area contributed by atoms with Crippen LogP contribution in [0.25, 0.3) is 11.3 Å². The lowest BCUT2D eigenvalue weighted by Gasteiger charge is -2.05. The number of aryl methyl sites for hydroxylation is 1. The van der Waals surface area contributed by atoms with Gasteiger partial charge in [-0.1, -0.05) is 30.3 Å². The number of thiazole rings is 2. The molecule has 2 amide bonds. The maximum Gasteiger partial charge on any atom is 0.257 e. The van der Waals surface area contributed by atoms with Gasteiger partial charge in [0.05, 0.1) is 22.8 Å². The molecule has 8 heteroatoms. The highest BCUT2D eigenvalue weighted by Crippen LogP contribution is 2.23. The van der Waals surface area contributed by atoms with Gasteiger partial charge in [0.2, 0.25) is 5.91 Å². The number of amides is 2. The second-order valence-corrected chi connectivity index (χ2v) is 8.44. The fraction of sp³-hybridized carbons (Fsp3) is 0.0909. The number of carbonyl (C=O) groups excluding carboxylic acids is 2. The molecule has 150 valence electrons. The van der Waals surface area contributed by atoms with E-state index in [0.29, 0.717) is 22.1 Å². The summed E-state index contributed by atoms with van der Waals surface area (Å²) in [6, 6.07) is 16.5. The summed E-state index contributed by atoms with van der Waals surface area (Å²) in [6.45, 7) is 1.97. The van der Waals surface area contributed by atoms with Crippen molar-refractivity contribution in [2.45, 2.75) is 13.3 Å². The first-order valence-corrected chi connectivity index (χ1v) is 11.0. The summed E-state index contributed by atoms with van der Waals surface area (Å²) in [5.74, 6) is -0.394. The lowest BCUT2D eigenvalue weighted by molar-refractivity contribution is -0.115. The lowest BCUT2D eigenvalue weighted by atomic mass is 10.1. The average molecular weight is 435 g/mol. The molecule has 0 saturated heterocycles. The van der Waals surface area contributed by atoms with Crippen molar-refractivity contribution in [3.05, 3.63) is 81.6 Å². The monoisotopic (exact) mass is 434 g/mol. The van der Waals surface area contributed by atoms with E-state index < -0.39 is 0 Å². The van der Waals surface area contributed by atoms with Crippen molar-refractivity contribution in [2.24, 2.45) is 0 Å². The first-order valence-electron chi connectivity index (χ1n) is 9.20. The molecule has 2 aromatic carbocycles. The quantitative estimate of drug-likeness (QED) is 0.447. The van der Waals surface area contributed by atoms with Gasteiger partial charge in [-0.05, 0) is 31.2 Å². The van der Waals surface area contributed by atoms with Gasteiger partial charge in [-0.15, -0.1) is 22.7 Å². The van der Waals surface area contributed by atoms with Crippen LogP contribution in [0.1, 0.15) is 21.1 Å². The normalized spacial score (nSPS) is 10.6. The number of hydrogen-bond acceptors (Lipinski definition) is 6. The highest BCUT2D eigenvalue weighted by molar-refractivity contribution is 7.14. The highest BCUT2D eigenvalue weighted by Gasteiger charge is 2.11. The van der Waals surface area contributed by atoms with Gasteiger partial charge in [-0.2, -0.15) is 0 Å². The molecular weight excluding hydrogens is 416 g/mol. The molecule has 0 atom stereocenters. The van der Waals surface area contributed by atoms with Gasteiger partial charge >= 0.3 is 0 Å². The minimum absolute atomic E-state index is 0.130. The van der Waals surface area contributed by atoms with Crippen molar-refractivity contribution < 1.29 is 9.59 Å². The fourth-order valence-corrected chi connectivity index (χ4v) is 4.12. The van der Waals surface area contributed by atoms with Crippen LogP contribution in [0, 0.1) is 6.92 Å². The zero-order valence-electron chi connectivity index (χ0n) is 16.1. The molecule has 0 saturated carbocycles. The van der Waals surface area contributed by atoms with E-state index >= 15 is 0 Å². The van der Waals surface area contributed by atoms with Gasteiger partial charge in [0.15, 0.2) is 5.13 Å². The summed E-state index contributed by atoms with van der Waals surface area (Å²) in [6.07, 6.45) is 0.130. The smallest absolute Gasteiger partial charge is 0.257 e. The Morgan fingerprint density at radius 3 is 2.37 bits per heavy atom. The number of rotatable bonds is 6. The maximum absolute atomic E-state index is 12.3. The van der Waals surface area contributed by atoms with Crippen molar-refractivity contribution in [3.8, 4) is 11.3 Å². The van der Waals surface area contributed by atoms with Crippen molar-refractivity contribution in [1.82, 2.24) is 9.97 Å². The van der Waals surface area contributed by atoms with Gasteiger partial charge < -0.3 is 5.32 Å². The van der Waals surface area contributed by atoms with Crippen molar-refractivity contribution >= 4 is 45.3 Å². The van der Waals surface area contributed by atoms with Crippen molar-refractivity contribution in [1.29, 1.82) is 0 Å². The average Bonchev–Trinajstić information content (AvgIpc) is 3.38. The number of carbonyl (C=O) groups is 2. The number of anilines is 2. The van der Waals surface area contributed by atoms with Gasteiger partial charge in [0, 0.05) is 27.6 Å². The Morgan fingerprint density at radius 2 is 1.67 bits per heavy atom. The minimum Gasteiger partial charge on any atom is -0.326 e. The molecule has 0 radical (unpaired) electrons. The SMILES string of the molecule is Cc1nc(-c2ccc(NC(=O)Cc3csc(NC(=O)c4ccccc4)n3)cc2)cs1. The van der Waals surface area contributed by atoms with Crippen LogP contribution >= 0.6 is 22.7 Å². The molecule has 30 heavy (non-hydrogen) atoms. The van der Waals surface area contributed by atoms with E-state index in [9.17, 15) is 9.59 Å². The van der Waals surface area contributed by atoms with E-state index in [2.05, 4.69) is 20.6 Å². The van der Waals surface area contributed by atoms with E-state index in [-0.39, 0.29) is 18.2 Å². The second kappa shape index (κ2) is 8.98. The van der Waals surface area contributed by atoms with Crippen molar-refractivity contribution in [3.63, 3.8) is 0 Å². The van der Waals surface area contributed by atoms with Crippen LogP contribution in [0.4, 0.5) is 10.8 Å². The predicted molar refractivity (Wildman–Crippen MR) is 121 cm³/mol. The molecule has 0 bridgehead atoms. The van der Waals surface area contributed by atoms with E-state index in [1.807, 2.05) is 42.6 Å². The second-order valence-electron chi connectivity index (χ2n) is 6.52. The number of nitrogens with zero attached hydrogens (tertiary/aromatic N) is 2. The Morgan fingerprint density at radius 1 is 0.900 bits per heavy atom. The van der Waals surface area contributed by atoms with Gasteiger partial charge in [0.25, 0.3) is 5.91 Å². The molecule has 0 aliphatic carbocycles. The third-order valence-corrected chi connectivity index (χ3v) is 5.81. The molecular formula is C22H18N4O2S2. The van der Waals surface area contributed by atoms with Crippen LogP contribution in [0.3, 0.4) is 0 Å². The van der Waals surface area contributed by atoms with Crippen LogP contribution in [0.2, 0.25) is 0 Å². The van der Waals surface area contributed by atoms with Crippen LogP contribution in [-0.4, -0.2) is 21.8 Å². The van der Waals surface area contributed by atoms with Crippen LogP contribution in [0.15, 0.2) is 65.4 Å². The van der Waals surface area contributed by atoms with Gasteiger partial charge in [0.1, 0.15) is 0 Å². The maximum atomic E-state index is 12.3. The van der Waals surface area contributed by atoms with Crippen molar-refractivity contribution in [2.75, 3.05) is 10.6 Å². The Hall–Kier alpha value is -3.36. The lowest BCUT2D eigenvalue weighted by Crippen LogP contribution is -2.15. The standard InChI is InChI=1S/C22H18N4O2S2/c1-14-23-19(13-29-14)15-7-9-17(10-8-15)24-20(27)11-18-12-30-22(25-18)26-21(28)16-5-3-2-4-6-16/h2-10,12-13H,11H2,1H3,(H,24,27)(H,25,26,28). The van der Waals surface area contributed by atoms with Gasteiger partial charge in [-0.3, -0.25) is 14.9 Å². The molecule has 0 aliphatic rings. The number of aromatic nitrogens is 2. The molecule has 2 heterocycles. The summed E-state index contributed by atoms with van der Waals surface area (Å²) in [4.78, 5) is 33.3. The summed E-state index contributed by atoms with van der Waals surface area (Å²) < 4.78 is 0. The molecule has 4 aromatic rings. The first kappa shape index (κ1) is 19.9. The third-order valence-electron chi connectivity index (χ3n) is 4.23. The zero-order valence-corrected chi connectivity index (χ0v) is 17.7. The molecule has 6 nitrogen and oxygen atoms in total. The first-order chi connectivity index (χ1) is 14.6. The molecule has 0 unspecified atom stereocenters. The van der Waals surface area contributed by atoms with Gasteiger partial charge in [-0.25, -0.2) is 9.97 Å².